The number of pyridine rings is 1. The van der Waals surface area contributed by atoms with Gasteiger partial charge in [-0.25, -0.2) is 32.7 Å². The summed E-state index contributed by atoms with van der Waals surface area (Å²) in [5.41, 5.74) is 2.15. The molecule has 90 valence electrons. The first kappa shape index (κ1) is 12.7. The zero-order valence-corrected chi connectivity index (χ0v) is 8.84. The van der Waals surface area contributed by atoms with Crippen LogP contribution in [0.5, 0.6) is 0 Å². The van der Waals surface area contributed by atoms with Gasteiger partial charge in [0, 0.05) is 12.3 Å². The minimum Gasteiger partial charge on any atom is -0.308 e. The number of anilines is 1. The Morgan fingerprint density at radius 3 is 2.75 bits per heavy atom. The maximum absolute atomic E-state index is 11.9. The predicted octanol–water partition coefficient (Wildman–Crippen LogP) is -0.0894. The third kappa shape index (κ3) is 3.36. The van der Waals surface area contributed by atoms with Gasteiger partial charge >= 0.3 is 0 Å². The molecule has 0 saturated heterocycles. The third-order valence-corrected chi connectivity index (χ3v) is 3.04. The van der Waals surface area contributed by atoms with E-state index >= 15 is 0 Å². The van der Waals surface area contributed by atoms with Crippen molar-refractivity contribution in [1.82, 2.24) is 9.71 Å². The standard InChI is InChI=1S/C7H10F2N4O2S/c8-6(9)4-12-16(14,15)5-1-2-11-7(3-5)13-10/h1-3,6,12H,4,10H2,(H,11,13). The number of hydrogen-bond acceptors (Lipinski definition) is 5. The summed E-state index contributed by atoms with van der Waals surface area (Å²) in [7, 11) is -3.95. The molecule has 16 heavy (non-hydrogen) atoms. The zero-order chi connectivity index (χ0) is 12.2. The lowest BCUT2D eigenvalue weighted by Crippen LogP contribution is -2.28. The summed E-state index contributed by atoms with van der Waals surface area (Å²) >= 11 is 0. The first-order chi connectivity index (χ1) is 7.45. The van der Waals surface area contributed by atoms with Crippen LogP contribution in [0.4, 0.5) is 14.6 Å². The van der Waals surface area contributed by atoms with Crippen molar-refractivity contribution in [2.75, 3.05) is 12.0 Å². The van der Waals surface area contributed by atoms with Crippen molar-refractivity contribution in [3.63, 3.8) is 0 Å². The van der Waals surface area contributed by atoms with Gasteiger partial charge in [0.15, 0.2) is 0 Å². The molecule has 4 N–H and O–H groups in total. The van der Waals surface area contributed by atoms with Crippen LogP contribution in [0.15, 0.2) is 23.2 Å². The molecule has 9 heteroatoms. The van der Waals surface area contributed by atoms with Crippen molar-refractivity contribution >= 4 is 15.8 Å². The second-order valence-electron chi connectivity index (χ2n) is 2.76. The lowest BCUT2D eigenvalue weighted by atomic mass is 10.5. The lowest BCUT2D eigenvalue weighted by Gasteiger charge is -2.07. The van der Waals surface area contributed by atoms with Crippen molar-refractivity contribution in [2.45, 2.75) is 11.3 Å². The van der Waals surface area contributed by atoms with Crippen molar-refractivity contribution in [1.29, 1.82) is 0 Å². The number of nitrogen functional groups attached to an aromatic ring is 1. The molecule has 0 aromatic carbocycles. The summed E-state index contributed by atoms with van der Waals surface area (Å²) < 4.78 is 48.4. The zero-order valence-electron chi connectivity index (χ0n) is 8.02. The van der Waals surface area contributed by atoms with Gasteiger partial charge in [0.05, 0.1) is 11.4 Å². The largest absolute Gasteiger partial charge is 0.308 e. The molecule has 0 fully saturated rings. The van der Waals surface area contributed by atoms with Crippen molar-refractivity contribution < 1.29 is 17.2 Å². The minimum atomic E-state index is -3.95. The molecule has 0 amide bonds. The molecule has 0 atom stereocenters. The number of hydrazine groups is 1. The van der Waals surface area contributed by atoms with Gasteiger partial charge in [-0.05, 0) is 6.07 Å². The van der Waals surface area contributed by atoms with Crippen LogP contribution >= 0.6 is 0 Å². The number of nitrogens with two attached hydrogens (primary N) is 1. The molecule has 0 aliphatic heterocycles. The Labute approximate surface area is 90.9 Å². The highest BCUT2D eigenvalue weighted by molar-refractivity contribution is 7.89. The maximum Gasteiger partial charge on any atom is 0.251 e. The molecule has 1 rings (SSSR count). The maximum atomic E-state index is 11.9. The molecule has 0 spiro atoms. The topological polar surface area (TPSA) is 97.1 Å². The second-order valence-corrected chi connectivity index (χ2v) is 4.53. The van der Waals surface area contributed by atoms with Gasteiger partial charge in [-0.2, -0.15) is 0 Å². The van der Waals surface area contributed by atoms with E-state index in [1.54, 1.807) is 4.72 Å². The van der Waals surface area contributed by atoms with E-state index in [4.69, 9.17) is 5.84 Å². The molecule has 0 aliphatic rings. The molecule has 1 aromatic heterocycles. The number of nitrogens with zero attached hydrogens (tertiary/aromatic N) is 1. The summed E-state index contributed by atoms with van der Waals surface area (Å²) in [6.07, 6.45) is -1.55. The number of nitrogens with one attached hydrogen (secondary N) is 2. The highest BCUT2D eigenvalue weighted by Crippen LogP contribution is 2.11. The molecule has 0 radical (unpaired) electrons. The van der Waals surface area contributed by atoms with Crippen molar-refractivity contribution in [3.8, 4) is 0 Å². The fraction of sp³-hybridized carbons (Fsp3) is 0.286. The summed E-state index contributed by atoms with van der Waals surface area (Å²) in [6.45, 7) is -0.934. The highest BCUT2D eigenvalue weighted by atomic mass is 32.2. The second kappa shape index (κ2) is 5.14. The van der Waals surface area contributed by atoms with E-state index in [-0.39, 0.29) is 10.7 Å². The Bertz CT molecular complexity index is 451. The Hall–Kier alpha value is -1.32. The summed E-state index contributed by atoms with van der Waals surface area (Å²) in [5.74, 6) is 5.16. The number of hydrogen-bond donors (Lipinski definition) is 3. The average Bonchev–Trinajstić information content (AvgIpc) is 2.27. The number of sulfonamides is 1. The highest BCUT2D eigenvalue weighted by Gasteiger charge is 2.16. The Morgan fingerprint density at radius 1 is 1.50 bits per heavy atom. The lowest BCUT2D eigenvalue weighted by molar-refractivity contribution is 0.153. The van der Waals surface area contributed by atoms with Gasteiger partial charge in [0.2, 0.25) is 10.0 Å². The molecule has 1 heterocycles. The predicted molar refractivity (Wildman–Crippen MR) is 53.2 cm³/mol. The Balaban J connectivity index is 2.89. The monoisotopic (exact) mass is 252 g/mol. The molecule has 0 saturated carbocycles. The van der Waals surface area contributed by atoms with Crippen LogP contribution < -0.4 is 16.0 Å². The summed E-state index contributed by atoms with van der Waals surface area (Å²) in [6, 6.07) is 2.31. The molecule has 1 aromatic rings. The van der Waals surface area contributed by atoms with E-state index < -0.39 is 23.0 Å². The van der Waals surface area contributed by atoms with Crippen LogP contribution in [0.25, 0.3) is 0 Å². The number of aromatic nitrogens is 1. The van der Waals surface area contributed by atoms with Gasteiger partial charge in [-0.1, -0.05) is 0 Å². The van der Waals surface area contributed by atoms with E-state index in [9.17, 15) is 17.2 Å². The van der Waals surface area contributed by atoms with Gasteiger partial charge in [-0.3, -0.25) is 0 Å². The van der Waals surface area contributed by atoms with Crippen LogP contribution in [0, 0.1) is 0 Å². The third-order valence-electron chi connectivity index (χ3n) is 1.62. The average molecular weight is 252 g/mol. The SMILES string of the molecule is NNc1cc(S(=O)(=O)NCC(F)F)ccn1. The van der Waals surface area contributed by atoms with E-state index in [2.05, 4.69) is 10.4 Å². The van der Waals surface area contributed by atoms with E-state index in [1.807, 2.05) is 0 Å². The van der Waals surface area contributed by atoms with E-state index in [1.165, 1.54) is 12.3 Å². The van der Waals surface area contributed by atoms with Gasteiger partial charge in [-0.15, -0.1) is 0 Å². The first-order valence-corrected chi connectivity index (χ1v) is 5.64. The van der Waals surface area contributed by atoms with Crippen LogP contribution in [-0.4, -0.2) is 26.4 Å². The number of halogens is 2. The molecule has 0 unspecified atom stereocenters. The fourth-order valence-electron chi connectivity index (χ4n) is 0.913. The minimum absolute atomic E-state index is 0.125. The first-order valence-electron chi connectivity index (χ1n) is 4.16. The van der Waals surface area contributed by atoms with Gasteiger partial charge in [0.25, 0.3) is 6.43 Å². The molecule has 0 bridgehead atoms. The number of rotatable bonds is 5. The fourth-order valence-corrected chi connectivity index (χ4v) is 1.93. The number of alkyl halides is 2. The van der Waals surface area contributed by atoms with Crippen LogP contribution in [0.1, 0.15) is 0 Å². The van der Waals surface area contributed by atoms with Crippen molar-refractivity contribution in [2.24, 2.45) is 5.84 Å². The van der Waals surface area contributed by atoms with Gasteiger partial charge < -0.3 is 5.43 Å². The summed E-state index contributed by atoms with van der Waals surface area (Å²) in [4.78, 5) is 3.51. The quantitative estimate of drug-likeness (QED) is 0.502. The molecule has 6 nitrogen and oxygen atoms in total. The van der Waals surface area contributed by atoms with E-state index in [0.29, 0.717) is 0 Å². The Kier molecular flexibility index (Phi) is 4.10. The van der Waals surface area contributed by atoms with E-state index in [0.717, 1.165) is 6.07 Å². The van der Waals surface area contributed by atoms with Crippen LogP contribution in [0.3, 0.4) is 0 Å². The summed E-state index contributed by atoms with van der Waals surface area (Å²) in [5, 5.41) is 0. The van der Waals surface area contributed by atoms with Crippen LogP contribution in [0.2, 0.25) is 0 Å². The molecular formula is C7H10F2N4O2S. The van der Waals surface area contributed by atoms with Gasteiger partial charge in [0.1, 0.15) is 5.82 Å². The molecule has 0 aliphatic carbocycles. The van der Waals surface area contributed by atoms with Crippen LogP contribution in [-0.2, 0) is 10.0 Å². The molecular weight excluding hydrogens is 242 g/mol. The smallest absolute Gasteiger partial charge is 0.251 e. The van der Waals surface area contributed by atoms with Crippen molar-refractivity contribution in [3.05, 3.63) is 18.3 Å². The normalized spacial score (nSPS) is 11.8. The Morgan fingerprint density at radius 2 is 2.19 bits per heavy atom.